The number of anilines is 3. The summed E-state index contributed by atoms with van der Waals surface area (Å²) in [6, 6.07) is 5.40. The molecule has 1 aromatic heterocycles. The summed E-state index contributed by atoms with van der Waals surface area (Å²) in [4.78, 5) is 12.9. The van der Waals surface area contributed by atoms with E-state index in [2.05, 4.69) is 44.7 Å². The molecule has 0 bridgehead atoms. The summed E-state index contributed by atoms with van der Waals surface area (Å²) in [5, 5.41) is 9.08. The molecule has 0 fully saturated rings. The van der Waals surface area contributed by atoms with Gasteiger partial charge in [-0.15, -0.1) is 0 Å². The van der Waals surface area contributed by atoms with E-state index in [0.29, 0.717) is 57.9 Å². The Balaban J connectivity index is 2.00. The maximum Gasteiger partial charge on any atom is 0.416 e. The Kier molecular flexibility index (Phi) is 11.8. The molecule has 12 heteroatoms. The number of hydrogen-bond donors (Lipinski definition) is 4. The Morgan fingerprint density at radius 3 is 2.06 bits per heavy atom. The molecule has 0 unspecified atom stereocenters. The number of rotatable bonds is 16. The van der Waals surface area contributed by atoms with E-state index < -0.39 is 11.7 Å². The van der Waals surface area contributed by atoms with E-state index in [1.165, 1.54) is 12.1 Å². The van der Waals surface area contributed by atoms with Gasteiger partial charge in [0.15, 0.2) is 0 Å². The zero-order chi connectivity index (χ0) is 24.8. The summed E-state index contributed by atoms with van der Waals surface area (Å²) in [7, 11) is 0. The number of nitrogens with two attached hydrogens (primary N) is 1. The molecule has 0 saturated heterocycles. The molecule has 0 aliphatic heterocycles. The van der Waals surface area contributed by atoms with Gasteiger partial charge in [-0.3, -0.25) is 0 Å². The average Bonchev–Trinajstić information content (AvgIpc) is 2.79. The zero-order valence-corrected chi connectivity index (χ0v) is 19.6. The highest BCUT2D eigenvalue weighted by Gasteiger charge is 2.32. The van der Waals surface area contributed by atoms with E-state index in [4.69, 9.17) is 15.2 Å². The number of halogens is 3. The van der Waals surface area contributed by atoms with E-state index in [9.17, 15) is 13.2 Å². The number of alkyl halides is 3. The quantitative estimate of drug-likeness (QED) is 0.265. The van der Waals surface area contributed by atoms with Gasteiger partial charge in [-0.1, -0.05) is 32.0 Å². The molecular formula is C22H34F3N7O2. The van der Waals surface area contributed by atoms with Crippen molar-refractivity contribution >= 4 is 17.8 Å². The third-order valence-corrected chi connectivity index (χ3v) is 4.56. The van der Waals surface area contributed by atoms with Crippen molar-refractivity contribution in [2.45, 2.75) is 33.0 Å². The lowest BCUT2D eigenvalue weighted by molar-refractivity contribution is -0.138. The highest BCUT2D eigenvalue weighted by molar-refractivity contribution is 5.43. The Hall–Kier alpha value is -2.70. The van der Waals surface area contributed by atoms with Crippen LogP contribution in [0.1, 0.15) is 31.4 Å². The summed E-state index contributed by atoms with van der Waals surface area (Å²) in [6.45, 7) is 7.46. The molecule has 2 aromatic rings. The van der Waals surface area contributed by atoms with Gasteiger partial charge in [-0.2, -0.15) is 28.1 Å². The summed E-state index contributed by atoms with van der Waals surface area (Å²) >= 11 is 0. The average molecular weight is 486 g/mol. The second-order valence-electron chi connectivity index (χ2n) is 7.86. The van der Waals surface area contributed by atoms with Crippen molar-refractivity contribution < 1.29 is 22.6 Å². The van der Waals surface area contributed by atoms with E-state index in [1.807, 2.05) is 0 Å². The zero-order valence-electron chi connectivity index (χ0n) is 19.6. The topological polar surface area (TPSA) is 119 Å². The second-order valence-corrected chi connectivity index (χ2v) is 7.86. The van der Waals surface area contributed by atoms with Crippen molar-refractivity contribution in [3.8, 4) is 0 Å². The first-order valence-corrected chi connectivity index (χ1v) is 11.3. The number of benzene rings is 1. The first-order chi connectivity index (χ1) is 16.3. The van der Waals surface area contributed by atoms with Crippen LogP contribution in [0.5, 0.6) is 0 Å². The van der Waals surface area contributed by atoms with Crippen molar-refractivity contribution in [2.24, 2.45) is 11.7 Å². The molecular weight excluding hydrogens is 451 g/mol. The first-order valence-electron chi connectivity index (χ1n) is 11.3. The fourth-order valence-corrected chi connectivity index (χ4v) is 2.85. The van der Waals surface area contributed by atoms with Gasteiger partial charge in [0.25, 0.3) is 0 Å². The van der Waals surface area contributed by atoms with Crippen LogP contribution in [0.25, 0.3) is 0 Å². The van der Waals surface area contributed by atoms with Crippen molar-refractivity contribution in [1.29, 1.82) is 0 Å². The minimum Gasteiger partial charge on any atom is -0.378 e. The molecule has 0 atom stereocenters. The largest absolute Gasteiger partial charge is 0.416 e. The molecule has 1 heterocycles. The minimum absolute atomic E-state index is 0.0868. The van der Waals surface area contributed by atoms with Crippen LogP contribution in [-0.2, 0) is 22.2 Å². The fourth-order valence-electron chi connectivity index (χ4n) is 2.85. The molecule has 0 amide bonds. The molecule has 0 spiro atoms. The summed E-state index contributed by atoms with van der Waals surface area (Å²) in [5.41, 5.74) is 4.76. The highest BCUT2D eigenvalue weighted by Crippen LogP contribution is 2.32. The van der Waals surface area contributed by atoms with E-state index in [0.717, 1.165) is 12.5 Å². The van der Waals surface area contributed by atoms with Gasteiger partial charge in [-0.25, -0.2) is 0 Å². The van der Waals surface area contributed by atoms with Gasteiger partial charge >= 0.3 is 6.18 Å². The molecule has 2 rings (SSSR count). The van der Waals surface area contributed by atoms with Crippen LogP contribution in [-0.4, -0.2) is 61.0 Å². The van der Waals surface area contributed by atoms with Gasteiger partial charge in [0, 0.05) is 26.2 Å². The highest BCUT2D eigenvalue weighted by atomic mass is 19.4. The lowest BCUT2D eigenvalue weighted by Gasteiger charge is -2.14. The molecule has 0 radical (unpaired) electrons. The number of aromatic nitrogens is 3. The second kappa shape index (κ2) is 14.5. The number of nitrogens with zero attached hydrogens (tertiary/aromatic N) is 3. The monoisotopic (exact) mass is 485 g/mol. The lowest BCUT2D eigenvalue weighted by atomic mass is 10.1. The van der Waals surface area contributed by atoms with Gasteiger partial charge in [0.05, 0.1) is 32.0 Å². The third-order valence-electron chi connectivity index (χ3n) is 4.56. The van der Waals surface area contributed by atoms with Gasteiger partial charge in [-0.05, 0) is 24.0 Å². The van der Waals surface area contributed by atoms with Crippen LogP contribution in [0.3, 0.4) is 0 Å². The summed E-state index contributed by atoms with van der Waals surface area (Å²) in [6.07, 6.45) is -3.53. The molecule has 9 nitrogen and oxygen atoms in total. The number of hydrogen-bond acceptors (Lipinski definition) is 9. The predicted molar refractivity (Wildman–Crippen MR) is 126 cm³/mol. The molecule has 1 aromatic carbocycles. The summed E-state index contributed by atoms with van der Waals surface area (Å²) < 4.78 is 50.5. The standard InChI is InChI=1S/C22H34F3N7O2/c1-16(2)7-9-27-19-30-20(28-10-12-34-14-13-33-11-8-26)32-21(31-19)29-15-17-5-3-4-6-18(17)22(23,24)25/h3-6,16H,7-15,26H2,1-2H3,(H3,27,28,29,30,31,32). The smallest absolute Gasteiger partial charge is 0.378 e. The Morgan fingerprint density at radius 2 is 1.44 bits per heavy atom. The van der Waals surface area contributed by atoms with E-state index in [1.54, 1.807) is 6.07 Å². The maximum atomic E-state index is 13.3. The summed E-state index contributed by atoms with van der Waals surface area (Å²) in [5.74, 6) is 1.28. The van der Waals surface area contributed by atoms with Gasteiger partial charge in [0.1, 0.15) is 0 Å². The normalized spacial score (nSPS) is 11.6. The van der Waals surface area contributed by atoms with Crippen LogP contribution >= 0.6 is 0 Å². The van der Waals surface area contributed by atoms with Crippen molar-refractivity contribution in [3.05, 3.63) is 35.4 Å². The predicted octanol–water partition coefficient (Wildman–Crippen LogP) is 3.36. The molecule has 0 aliphatic carbocycles. The van der Waals surface area contributed by atoms with Gasteiger partial charge < -0.3 is 31.2 Å². The maximum absolute atomic E-state index is 13.3. The number of ether oxygens (including phenoxy) is 2. The van der Waals surface area contributed by atoms with Crippen LogP contribution < -0.4 is 21.7 Å². The molecule has 190 valence electrons. The van der Waals surface area contributed by atoms with E-state index >= 15 is 0 Å². The molecule has 0 saturated carbocycles. The van der Waals surface area contributed by atoms with Crippen molar-refractivity contribution in [3.63, 3.8) is 0 Å². The van der Waals surface area contributed by atoms with Crippen molar-refractivity contribution in [2.75, 3.05) is 62.0 Å². The Morgan fingerprint density at radius 1 is 0.853 bits per heavy atom. The first kappa shape index (κ1) is 27.5. The molecule has 5 N–H and O–H groups in total. The SMILES string of the molecule is CC(C)CCNc1nc(NCCOCCOCCN)nc(NCc2ccccc2C(F)(F)F)n1. The van der Waals surface area contributed by atoms with E-state index in [-0.39, 0.29) is 24.0 Å². The molecule has 0 aliphatic rings. The van der Waals surface area contributed by atoms with Crippen LogP contribution in [0.4, 0.5) is 31.0 Å². The van der Waals surface area contributed by atoms with Gasteiger partial charge in [0.2, 0.25) is 17.8 Å². The van der Waals surface area contributed by atoms with Crippen molar-refractivity contribution in [1.82, 2.24) is 15.0 Å². The lowest BCUT2D eigenvalue weighted by Crippen LogP contribution is -2.18. The molecule has 34 heavy (non-hydrogen) atoms. The third kappa shape index (κ3) is 10.5. The number of nitrogens with one attached hydrogen (secondary N) is 3. The minimum atomic E-state index is -4.44. The fraction of sp³-hybridized carbons (Fsp3) is 0.591. The van der Waals surface area contributed by atoms with Crippen LogP contribution in [0.15, 0.2) is 24.3 Å². The Bertz CT molecular complexity index is 853. The van der Waals surface area contributed by atoms with Crippen LogP contribution in [0.2, 0.25) is 0 Å². The Labute approximate surface area is 198 Å². The van der Waals surface area contributed by atoms with Crippen LogP contribution in [0, 0.1) is 5.92 Å².